The Morgan fingerprint density at radius 1 is 1.10 bits per heavy atom. The average molecular weight is 295 g/mol. The fraction of sp³-hybridized carbons (Fsp3) is 1.00. The van der Waals surface area contributed by atoms with E-state index in [4.69, 9.17) is 0 Å². The summed E-state index contributed by atoms with van der Waals surface area (Å²) in [7, 11) is 4.54. The molecule has 3 unspecified atom stereocenters. The van der Waals surface area contributed by atoms with Gasteiger partial charge in [0.1, 0.15) is 0 Å². The molecule has 124 valence electrons. The SMILES string of the molecule is CCC(C)(C)C1CCC(NC)C(N(C)CC2CCCC2)C1. The first-order valence-electron chi connectivity index (χ1n) is 9.35. The van der Waals surface area contributed by atoms with E-state index < -0.39 is 0 Å². The van der Waals surface area contributed by atoms with Crippen molar-refractivity contribution in [1.82, 2.24) is 10.2 Å². The van der Waals surface area contributed by atoms with Gasteiger partial charge in [-0.05, 0) is 63.5 Å². The zero-order valence-corrected chi connectivity index (χ0v) is 15.1. The van der Waals surface area contributed by atoms with Crippen molar-refractivity contribution in [2.45, 2.75) is 84.2 Å². The highest BCUT2D eigenvalue weighted by molar-refractivity contribution is 4.94. The molecule has 0 bridgehead atoms. The summed E-state index contributed by atoms with van der Waals surface area (Å²) in [5, 5.41) is 3.61. The Labute approximate surface area is 133 Å². The third kappa shape index (κ3) is 4.22. The van der Waals surface area contributed by atoms with Crippen molar-refractivity contribution in [3.05, 3.63) is 0 Å². The maximum atomic E-state index is 3.61. The second-order valence-corrected chi connectivity index (χ2v) is 8.40. The molecule has 0 spiro atoms. The maximum Gasteiger partial charge on any atom is 0.0249 e. The molecule has 2 heteroatoms. The van der Waals surface area contributed by atoms with E-state index in [-0.39, 0.29) is 0 Å². The van der Waals surface area contributed by atoms with Crippen molar-refractivity contribution in [2.24, 2.45) is 17.3 Å². The van der Waals surface area contributed by atoms with E-state index in [0.29, 0.717) is 11.5 Å². The predicted octanol–water partition coefficient (Wildman–Crippen LogP) is 4.30. The van der Waals surface area contributed by atoms with Crippen LogP contribution in [0.15, 0.2) is 0 Å². The van der Waals surface area contributed by atoms with E-state index in [9.17, 15) is 0 Å². The van der Waals surface area contributed by atoms with Crippen molar-refractivity contribution >= 4 is 0 Å². The van der Waals surface area contributed by atoms with Gasteiger partial charge in [-0.25, -0.2) is 0 Å². The number of hydrogen-bond donors (Lipinski definition) is 1. The van der Waals surface area contributed by atoms with Crippen LogP contribution in [-0.4, -0.2) is 37.6 Å². The Kier molecular flexibility index (Phi) is 6.14. The number of hydrogen-bond acceptors (Lipinski definition) is 2. The Morgan fingerprint density at radius 3 is 2.33 bits per heavy atom. The molecule has 2 nitrogen and oxygen atoms in total. The van der Waals surface area contributed by atoms with E-state index in [1.807, 2.05) is 0 Å². The Hall–Kier alpha value is -0.0800. The predicted molar refractivity (Wildman–Crippen MR) is 92.6 cm³/mol. The van der Waals surface area contributed by atoms with Crippen molar-refractivity contribution in [3.63, 3.8) is 0 Å². The molecular weight excluding hydrogens is 256 g/mol. The van der Waals surface area contributed by atoms with Crippen LogP contribution in [0, 0.1) is 17.3 Å². The van der Waals surface area contributed by atoms with Crippen molar-refractivity contribution in [3.8, 4) is 0 Å². The summed E-state index contributed by atoms with van der Waals surface area (Å²) in [6.07, 6.45) is 11.3. The summed E-state index contributed by atoms with van der Waals surface area (Å²) in [4.78, 5) is 2.70. The second-order valence-electron chi connectivity index (χ2n) is 8.40. The minimum Gasteiger partial charge on any atom is -0.315 e. The molecule has 2 aliphatic carbocycles. The van der Waals surface area contributed by atoms with Gasteiger partial charge in [0, 0.05) is 18.6 Å². The number of rotatable bonds is 6. The van der Waals surface area contributed by atoms with Gasteiger partial charge in [-0.3, -0.25) is 0 Å². The molecule has 0 radical (unpaired) electrons. The molecule has 2 aliphatic rings. The van der Waals surface area contributed by atoms with Gasteiger partial charge in [-0.1, -0.05) is 40.0 Å². The van der Waals surface area contributed by atoms with E-state index >= 15 is 0 Å². The lowest BCUT2D eigenvalue weighted by Crippen LogP contribution is -2.53. The van der Waals surface area contributed by atoms with Crippen LogP contribution in [-0.2, 0) is 0 Å². The van der Waals surface area contributed by atoms with Gasteiger partial charge in [-0.2, -0.15) is 0 Å². The molecule has 0 aromatic carbocycles. The molecular formula is C19H38N2. The number of likely N-dealkylation sites (N-methyl/N-ethyl adjacent to an activating group) is 2. The van der Waals surface area contributed by atoms with Crippen LogP contribution in [0.1, 0.15) is 72.1 Å². The zero-order valence-electron chi connectivity index (χ0n) is 15.1. The van der Waals surface area contributed by atoms with Crippen LogP contribution in [0.25, 0.3) is 0 Å². The Morgan fingerprint density at radius 2 is 1.76 bits per heavy atom. The third-order valence-electron chi connectivity index (χ3n) is 6.79. The summed E-state index contributed by atoms with van der Waals surface area (Å²) in [6.45, 7) is 8.64. The normalized spacial score (nSPS) is 32.0. The molecule has 0 aromatic heterocycles. The van der Waals surface area contributed by atoms with E-state index in [2.05, 4.69) is 45.1 Å². The minimum atomic E-state index is 0.505. The van der Waals surface area contributed by atoms with Crippen LogP contribution >= 0.6 is 0 Å². The zero-order chi connectivity index (χ0) is 15.5. The molecule has 1 N–H and O–H groups in total. The van der Waals surface area contributed by atoms with Crippen LogP contribution in [0.3, 0.4) is 0 Å². The average Bonchev–Trinajstić information content (AvgIpc) is 2.99. The quantitative estimate of drug-likeness (QED) is 0.785. The van der Waals surface area contributed by atoms with Gasteiger partial charge in [0.15, 0.2) is 0 Å². The first-order valence-corrected chi connectivity index (χ1v) is 9.35. The van der Waals surface area contributed by atoms with Gasteiger partial charge >= 0.3 is 0 Å². The summed E-state index contributed by atoms with van der Waals surface area (Å²) < 4.78 is 0. The molecule has 0 aromatic rings. The highest BCUT2D eigenvalue weighted by atomic mass is 15.2. The number of nitrogens with zero attached hydrogens (tertiary/aromatic N) is 1. The smallest absolute Gasteiger partial charge is 0.0249 e. The fourth-order valence-corrected chi connectivity index (χ4v) is 4.70. The summed E-state index contributed by atoms with van der Waals surface area (Å²) >= 11 is 0. The fourth-order valence-electron chi connectivity index (χ4n) is 4.70. The van der Waals surface area contributed by atoms with Crippen LogP contribution in [0.5, 0.6) is 0 Å². The summed E-state index contributed by atoms with van der Waals surface area (Å²) in [5.41, 5.74) is 0.505. The van der Waals surface area contributed by atoms with Gasteiger partial charge < -0.3 is 10.2 Å². The molecule has 2 rings (SSSR count). The van der Waals surface area contributed by atoms with Gasteiger partial charge in [-0.15, -0.1) is 0 Å². The Bertz CT molecular complexity index is 307. The first-order chi connectivity index (χ1) is 9.97. The highest BCUT2D eigenvalue weighted by Gasteiger charge is 2.38. The van der Waals surface area contributed by atoms with Gasteiger partial charge in [0.25, 0.3) is 0 Å². The molecule has 21 heavy (non-hydrogen) atoms. The molecule has 2 fully saturated rings. The molecule has 0 saturated heterocycles. The molecule has 3 atom stereocenters. The highest BCUT2D eigenvalue weighted by Crippen LogP contribution is 2.42. The standard InChI is InChI=1S/C19H38N2/c1-6-19(2,3)16-11-12-17(20-4)18(13-16)21(5)14-15-9-7-8-10-15/h15-18,20H,6-14H2,1-5H3. The molecule has 0 amide bonds. The lowest BCUT2D eigenvalue weighted by molar-refractivity contribution is 0.0578. The van der Waals surface area contributed by atoms with E-state index in [1.165, 1.54) is 57.9 Å². The van der Waals surface area contributed by atoms with Crippen molar-refractivity contribution in [1.29, 1.82) is 0 Å². The van der Waals surface area contributed by atoms with Gasteiger partial charge in [0.2, 0.25) is 0 Å². The van der Waals surface area contributed by atoms with E-state index in [1.54, 1.807) is 0 Å². The Balaban J connectivity index is 1.98. The molecule has 0 heterocycles. The third-order valence-corrected chi connectivity index (χ3v) is 6.79. The van der Waals surface area contributed by atoms with Gasteiger partial charge in [0.05, 0.1) is 0 Å². The largest absolute Gasteiger partial charge is 0.315 e. The van der Waals surface area contributed by atoms with E-state index in [0.717, 1.165) is 17.9 Å². The molecule has 0 aliphatic heterocycles. The lowest BCUT2D eigenvalue weighted by atomic mass is 9.67. The monoisotopic (exact) mass is 294 g/mol. The minimum absolute atomic E-state index is 0.505. The van der Waals surface area contributed by atoms with Crippen LogP contribution < -0.4 is 5.32 Å². The van der Waals surface area contributed by atoms with Crippen LogP contribution in [0.4, 0.5) is 0 Å². The molecule has 2 saturated carbocycles. The topological polar surface area (TPSA) is 15.3 Å². The maximum absolute atomic E-state index is 3.61. The first kappa shape index (κ1) is 17.3. The summed E-state index contributed by atoms with van der Waals surface area (Å²) in [5.74, 6) is 1.86. The van der Waals surface area contributed by atoms with Crippen molar-refractivity contribution in [2.75, 3.05) is 20.6 Å². The van der Waals surface area contributed by atoms with Crippen LogP contribution in [0.2, 0.25) is 0 Å². The lowest BCUT2D eigenvalue weighted by Gasteiger charge is -2.46. The summed E-state index contributed by atoms with van der Waals surface area (Å²) in [6, 6.07) is 1.43. The van der Waals surface area contributed by atoms with Crippen molar-refractivity contribution < 1.29 is 0 Å². The number of nitrogens with one attached hydrogen (secondary N) is 1. The second kappa shape index (κ2) is 7.46.